The zero-order valence-electron chi connectivity index (χ0n) is 24.3. The quantitative estimate of drug-likeness (QED) is 0.175. The molecule has 3 aromatic rings. The third kappa shape index (κ3) is 7.66. The van der Waals surface area contributed by atoms with Crippen molar-refractivity contribution < 1.29 is 19.1 Å². The van der Waals surface area contributed by atoms with E-state index in [2.05, 4.69) is 32.2 Å². The first kappa shape index (κ1) is 29.5. The van der Waals surface area contributed by atoms with E-state index in [-0.39, 0.29) is 29.5 Å². The van der Waals surface area contributed by atoms with Crippen LogP contribution in [-0.4, -0.2) is 83.3 Å². The molecule has 2 fully saturated rings. The van der Waals surface area contributed by atoms with Crippen LogP contribution >= 0.6 is 0 Å². The van der Waals surface area contributed by atoms with E-state index in [1.807, 2.05) is 6.08 Å². The predicted molar refractivity (Wildman–Crippen MR) is 164 cm³/mol. The van der Waals surface area contributed by atoms with Crippen molar-refractivity contribution >= 4 is 29.3 Å². The lowest BCUT2D eigenvalue weighted by Gasteiger charge is -2.15. The van der Waals surface area contributed by atoms with Crippen molar-refractivity contribution in [1.29, 1.82) is 0 Å². The smallest absolute Gasteiger partial charge is 0.256 e. The Labute approximate surface area is 250 Å². The molecule has 1 aromatic carbocycles. The van der Waals surface area contributed by atoms with E-state index in [4.69, 9.17) is 20.9 Å². The molecule has 0 spiro atoms. The number of likely N-dealkylation sites (tertiary alicyclic amines) is 1. The number of carbonyl (C=O) groups is 2. The van der Waals surface area contributed by atoms with Gasteiger partial charge in [0.15, 0.2) is 0 Å². The number of aromatic nitrogens is 2. The highest BCUT2D eigenvalue weighted by Crippen LogP contribution is 2.29. The molecule has 1 saturated heterocycles. The van der Waals surface area contributed by atoms with Gasteiger partial charge in [0.05, 0.1) is 13.2 Å². The number of aliphatic imine (C=N–C) groups is 1. The number of anilines is 2. The van der Waals surface area contributed by atoms with Crippen molar-refractivity contribution in [2.24, 2.45) is 10.7 Å². The number of rotatable bonds is 11. The topological polar surface area (TPSA) is 161 Å². The standard InChI is InChI=1S/C31H36N8O4/c1-38(22-7-8-22)16-3-4-27(40)39-17-13-21(19-39)36-30(33)28-25(12-15-35-29(28)32)43-23-9-5-20(6-10-23)31(41)37-26-18-24(42-2)11-14-34-26/h3-6,9-12,14-15,18,21-22H,7-8,13,16-17,19H2,1-2H3,(H2,32,35)(H2,33,36)(H,34,37,41)/b4-3+. The van der Waals surface area contributed by atoms with Crippen molar-refractivity contribution in [2.75, 3.05) is 44.8 Å². The Morgan fingerprint density at radius 3 is 2.63 bits per heavy atom. The number of hydrogen-bond donors (Lipinski definition) is 3. The summed E-state index contributed by atoms with van der Waals surface area (Å²) >= 11 is 0. The average molecular weight is 585 g/mol. The first-order valence-corrected chi connectivity index (χ1v) is 14.1. The van der Waals surface area contributed by atoms with Gasteiger partial charge in [-0.1, -0.05) is 6.08 Å². The number of hydrogen-bond acceptors (Lipinski definition) is 9. The van der Waals surface area contributed by atoms with Crippen molar-refractivity contribution in [3.05, 3.63) is 78.1 Å². The monoisotopic (exact) mass is 584 g/mol. The van der Waals surface area contributed by atoms with Crippen molar-refractivity contribution in [3.63, 3.8) is 0 Å². The first-order chi connectivity index (χ1) is 20.8. The molecule has 12 heteroatoms. The zero-order valence-corrected chi connectivity index (χ0v) is 24.3. The third-order valence-corrected chi connectivity index (χ3v) is 7.37. The normalized spacial score (nSPS) is 17.0. The van der Waals surface area contributed by atoms with Crippen LogP contribution < -0.4 is 26.3 Å². The number of nitrogens with zero attached hydrogens (tertiary/aromatic N) is 5. The number of pyridine rings is 2. The summed E-state index contributed by atoms with van der Waals surface area (Å²) in [6.07, 6.45) is 9.78. The molecule has 43 heavy (non-hydrogen) atoms. The van der Waals surface area contributed by atoms with Gasteiger partial charge in [0.25, 0.3) is 5.91 Å². The lowest BCUT2D eigenvalue weighted by molar-refractivity contribution is -0.125. The molecule has 5 N–H and O–H groups in total. The van der Waals surface area contributed by atoms with Crippen LogP contribution in [0.1, 0.15) is 35.2 Å². The number of methoxy groups -OCH3 is 1. The summed E-state index contributed by atoms with van der Waals surface area (Å²) < 4.78 is 11.3. The van der Waals surface area contributed by atoms with Crippen LogP contribution in [0.15, 0.2) is 72.0 Å². The van der Waals surface area contributed by atoms with Crippen molar-refractivity contribution in [3.8, 4) is 17.2 Å². The van der Waals surface area contributed by atoms with Crippen LogP contribution in [0.2, 0.25) is 0 Å². The maximum atomic E-state index is 12.7. The molecule has 1 saturated carbocycles. The number of carbonyl (C=O) groups excluding carboxylic acids is 2. The van der Waals surface area contributed by atoms with E-state index in [0.29, 0.717) is 59.7 Å². The van der Waals surface area contributed by atoms with E-state index in [1.165, 1.54) is 19.0 Å². The number of amides is 2. The van der Waals surface area contributed by atoms with E-state index in [1.54, 1.807) is 66.7 Å². The summed E-state index contributed by atoms with van der Waals surface area (Å²) in [5.41, 5.74) is 13.4. The molecule has 1 aliphatic carbocycles. The van der Waals surface area contributed by atoms with E-state index < -0.39 is 0 Å². The van der Waals surface area contributed by atoms with Crippen LogP contribution in [0.25, 0.3) is 0 Å². The van der Waals surface area contributed by atoms with Crippen LogP contribution in [0.4, 0.5) is 11.6 Å². The van der Waals surface area contributed by atoms with Gasteiger partial charge in [-0.25, -0.2) is 9.97 Å². The minimum atomic E-state index is -0.331. The molecule has 3 heterocycles. The fraction of sp³-hybridized carbons (Fsp3) is 0.323. The Kier molecular flexibility index (Phi) is 9.16. The van der Waals surface area contributed by atoms with Gasteiger partial charge in [0.1, 0.15) is 40.3 Å². The van der Waals surface area contributed by atoms with Crippen LogP contribution in [0.3, 0.4) is 0 Å². The van der Waals surface area contributed by atoms with E-state index in [0.717, 1.165) is 6.54 Å². The second-order valence-electron chi connectivity index (χ2n) is 10.5. The largest absolute Gasteiger partial charge is 0.497 e. The number of ether oxygens (including phenoxy) is 2. The molecule has 1 unspecified atom stereocenters. The Morgan fingerprint density at radius 2 is 1.88 bits per heavy atom. The van der Waals surface area contributed by atoms with Gasteiger partial charge in [-0.05, 0) is 56.6 Å². The predicted octanol–water partition coefficient (Wildman–Crippen LogP) is 3.07. The highest BCUT2D eigenvalue weighted by Gasteiger charge is 2.27. The van der Waals surface area contributed by atoms with E-state index >= 15 is 0 Å². The lowest BCUT2D eigenvalue weighted by Crippen LogP contribution is -2.29. The summed E-state index contributed by atoms with van der Waals surface area (Å²) in [4.78, 5) is 42.4. The fourth-order valence-electron chi connectivity index (χ4n) is 4.80. The summed E-state index contributed by atoms with van der Waals surface area (Å²) in [7, 11) is 3.62. The third-order valence-electron chi connectivity index (χ3n) is 7.37. The molecular weight excluding hydrogens is 548 g/mol. The highest BCUT2D eigenvalue weighted by molar-refractivity contribution is 6.04. The number of nitrogens with one attached hydrogen (secondary N) is 1. The molecule has 2 aromatic heterocycles. The van der Waals surface area contributed by atoms with Crippen molar-refractivity contribution in [2.45, 2.75) is 31.3 Å². The molecule has 2 amide bonds. The van der Waals surface area contributed by atoms with Gasteiger partial charge in [-0.3, -0.25) is 19.5 Å². The minimum absolute atomic E-state index is 0.0257. The summed E-state index contributed by atoms with van der Waals surface area (Å²) in [6, 6.07) is 12.0. The number of likely N-dealkylation sites (N-methyl/N-ethyl adjacent to an activating group) is 1. The zero-order chi connectivity index (χ0) is 30.3. The molecule has 5 rings (SSSR count). The molecule has 0 radical (unpaired) electrons. The van der Waals surface area contributed by atoms with Gasteiger partial charge in [0.2, 0.25) is 5.91 Å². The molecule has 12 nitrogen and oxygen atoms in total. The molecule has 1 aliphatic heterocycles. The van der Waals surface area contributed by atoms with Gasteiger partial charge >= 0.3 is 0 Å². The van der Waals surface area contributed by atoms with Crippen LogP contribution in [0.5, 0.6) is 17.2 Å². The van der Waals surface area contributed by atoms with Gasteiger partial charge in [-0.2, -0.15) is 0 Å². The van der Waals surface area contributed by atoms with Gasteiger partial charge < -0.3 is 31.2 Å². The average Bonchev–Trinajstić information content (AvgIpc) is 3.76. The second-order valence-corrected chi connectivity index (χ2v) is 10.5. The summed E-state index contributed by atoms with van der Waals surface area (Å²) in [6.45, 7) is 1.83. The molecule has 1 atom stereocenters. The molecule has 2 aliphatic rings. The van der Waals surface area contributed by atoms with Crippen molar-refractivity contribution in [1.82, 2.24) is 19.8 Å². The second kappa shape index (κ2) is 13.3. The number of amidine groups is 1. The Hall–Kier alpha value is -4.97. The minimum Gasteiger partial charge on any atom is -0.497 e. The fourth-order valence-corrected chi connectivity index (χ4v) is 4.80. The summed E-state index contributed by atoms with van der Waals surface area (Å²) in [5.74, 6) is 1.80. The number of benzene rings is 1. The Bertz CT molecular complexity index is 1520. The number of nitrogens with two attached hydrogens (primary N) is 2. The summed E-state index contributed by atoms with van der Waals surface area (Å²) in [5, 5.41) is 2.74. The van der Waals surface area contributed by atoms with Crippen LogP contribution in [0, 0.1) is 0 Å². The lowest BCUT2D eigenvalue weighted by atomic mass is 10.2. The van der Waals surface area contributed by atoms with E-state index in [9.17, 15) is 9.59 Å². The number of nitrogen functional groups attached to an aromatic ring is 1. The Morgan fingerprint density at radius 1 is 1.12 bits per heavy atom. The van der Waals surface area contributed by atoms with Gasteiger partial charge in [-0.15, -0.1) is 0 Å². The maximum absolute atomic E-state index is 12.7. The SMILES string of the molecule is COc1ccnc(NC(=O)c2ccc(Oc3ccnc(N)c3C(N)=NC3CCN(C(=O)/C=C/CN(C)C4CC4)C3)cc2)c1. The maximum Gasteiger partial charge on any atom is 0.256 e. The van der Waals surface area contributed by atoms with Gasteiger partial charge in [0, 0.05) is 61.8 Å². The van der Waals surface area contributed by atoms with Crippen LogP contribution in [-0.2, 0) is 4.79 Å². The highest BCUT2D eigenvalue weighted by atomic mass is 16.5. The molecule has 0 bridgehead atoms. The Balaban J connectivity index is 1.21. The first-order valence-electron chi connectivity index (χ1n) is 14.1. The molecular formula is C31H36N8O4. The molecule has 224 valence electrons.